The Bertz CT molecular complexity index is 2960. The van der Waals surface area contributed by atoms with Gasteiger partial charge in [0.25, 0.3) is 20.0 Å². The topological polar surface area (TPSA) is 184 Å². The molecule has 6 aromatic rings. The molecule has 0 amide bonds. The molecule has 2 aliphatic heterocycles. The molecule has 8 rings (SSSR count). The van der Waals surface area contributed by atoms with Crippen LogP contribution in [0.25, 0.3) is 22.3 Å². The zero-order valence-electron chi connectivity index (χ0n) is 38.3. The molecule has 0 aliphatic carbocycles. The molecule has 2 fully saturated rings. The fourth-order valence-corrected chi connectivity index (χ4v) is 12.7. The fraction of sp³-hybridized carbons (Fsp3) is 0.378. The van der Waals surface area contributed by atoms with Crippen molar-refractivity contribution >= 4 is 89.5 Å². The lowest BCUT2D eigenvalue weighted by Crippen LogP contribution is -2.43. The minimum atomic E-state index is -4.06. The first kappa shape index (κ1) is 50.2. The van der Waals surface area contributed by atoms with Crippen molar-refractivity contribution < 1.29 is 16.8 Å². The molecule has 0 radical (unpaired) electrons. The largest absolute Gasteiger partial charge is 0.354 e. The van der Waals surface area contributed by atoms with Gasteiger partial charge in [0.15, 0.2) is 0 Å². The number of hydrogen-bond donors (Lipinski definition) is 4. The van der Waals surface area contributed by atoms with E-state index in [1.165, 1.54) is 0 Å². The number of aryl methyl sites for hydroxylation is 3. The van der Waals surface area contributed by atoms with Gasteiger partial charge in [-0.2, -0.15) is 10.2 Å². The maximum atomic E-state index is 13.4. The molecule has 2 aromatic carbocycles. The van der Waals surface area contributed by atoms with Crippen LogP contribution in [0.4, 0.5) is 23.0 Å². The van der Waals surface area contributed by atoms with E-state index in [0.29, 0.717) is 52.1 Å². The van der Waals surface area contributed by atoms with Crippen LogP contribution in [0.2, 0.25) is 20.1 Å². The van der Waals surface area contributed by atoms with Gasteiger partial charge in [-0.3, -0.25) is 18.8 Å². The van der Waals surface area contributed by atoms with Gasteiger partial charge >= 0.3 is 0 Å². The zero-order chi connectivity index (χ0) is 48.4. The van der Waals surface area contributed by atoms with Crippen LogP contribution in [0, 0.1) is 26.7 Å². The summed E-state index contributed by atoms with van der Waals surface area (Å²) in [5.74, 6) is 2.03. The summed E-state index contributed by atoms with van der Waals surface area (Å²) in [6, 6.07) is 14.1. The Kier molecular flexibility index (Phi) is 15.7. The minimum absolute atomic E-state index is 0.0414. The van der Waals surface area contributed by atoms with Crippen LogP contribution in [0.15, 0.2) is 70.7 Å². The molecule has 16 nitrogen and oxygen atoms in total. The lowest BCUT2D eigenvalue weighted by molar-refractivity contribution is 0.585. The second kappa shape index (κ2) is 20.9. The van der Waals surface area contributed by atoms with Gasteiger partial charge in [0, 0.05) is 78.8 Å². The van der Waals surface area contributed by atoms with E-state index < -0.39 is 20.0 Å². The quantitative estimate of drug-likeness (QED) is 0.0925. The van der Waals surface area contributed by atoms with Crippen molar-refractivity contribution in [3.05, 3.63) is 104 Å². The monoisotopic (exact) mass is 1030 g/mol. The summed E-state index contributed by atoms with van der Waals surface area (Å²) in [7, 11) is -4.55. The average molecular weight is 1030 g/mol. The SMILES string of the molecule is Cc1c(NS(=O)(=O)c2c(Cl)cc(-c3ccnc(N4CCNCC4)c3)cc2Cl)c(CC(C)C)nn1C.Cc1nn(C)c(C)c1NS(=O)(=O)c1c(Cl)cc(-c2ccnc(N3CCNCC3)c2)cc1Cl. The summed E-state index contributed by atoms with van der Waals surface area (Å²) in [6.07, 6.45) is 4.11. The van der Waals surface area contributed by atoms with Crippen LogP contribution in [0.1, 0.15) is 36.6 Å². The number of benzene rings is 2. The Morgan fingerprint density at radius 2 is 0.985 bits per heavy atom. The van der Waals surface area contributed by atoms with E-state index in [-0.39, 0.29) is 29.9 Å². The van der Waals surface area contributed by atoms with Gasteiger partial charge in [0.2, 0.25) is 0 Å². The Labute approximate surface area is 412 Å². The van der Waals surface area contributed by atoms with E-state index in [2.05, 4.69) is 63.9 Å². The fourth-order valence-electron chi connectivity index (χ4n) is 7.93. The summed E-state index contributed by atoms with van der Waals surface area (Å²) in [5, 5.41) is 15.6. The summed E-state index contributed by atoms with van der Waals surface area (Å²) in [4.78, 5) is 13.1. The lowest BCUT2D eigenvalue weighted by atomic mass is 10.1. The third kappa shape index (κ3) is 11.5. The number of pyridine rings is 2. The van der Waals surface area contributed by atoms with Gasteiger partial charge in [-0.1, -0.05) is 60.3 Å². The molecule has 0 spiro atoms. The molecule has 6 heterocycles. The van der Waals surface area contributed by atoms with Crippen molar-refractivity contribution in [3.63, 3.8) is 0 Å². The first-order valence-electron chi connectivity index (χ1n) is 21.6. The van der Waals surface area contributed by atoms with Gasteiger partial charge in [-0.25, -0.2) is 26.8 Å². The second-order valence-electron chi connectivity index (χ2n) is 16.8. The van der Waals surface area contributed by atoms with E-state index >= 15 is 0 Å². The summed E-state index contributed by atoms with van der Waals surface area (Å²) in [6.45, 7) is 16.5. The molecule has 0 bridgehead atoms. The Morgan fingerprint density at radius 3 is 1.37 bits per heavy atom. The number of piperazine rings is 2. The maximum absolute atomic E-state index is 13.4. The van der Waals surface area contributed by atoms with E-state index in [1.807, 2.05) is 31.2 Å². The molecule has 4 N–H and O–H groups in total. The number of rotatable bonds is 12. The number of hydrogen-bond acceptors (Lipinski definition) is 12. The Morgan fingerprint density at radius 1 is 0.597 bits per heavy atom. The van der Waals surface area contributed by atoms with E-state index in [9.17, 15) is 16.8 Å². The first-order valence-corrected chi connectivity index (χ1v) is 26.1. The highest BCUT2D eigenvalue weighted by atomic mass is 35.5. The molecule has 0 unspecified atom stereocenters. The van der Waals surface area contributed by atoms with Crippen LogP contribution in [-0.2, 0) is 40.6 Å². The Balaban J connectivity index is 0.000000200. The molecule has 2 aliphatic rings. The molecule has 0 atom stereocenters. The van der Waals surface area contributed by atoms with Crippen molar-refractivity contribution in [2.24, 2.45) is 20.0 Å². The standard InChI is InChI=1S/C24H30Cl2N6O2S.C21H24Cl2N6O2S/c1-15(2)11-21-23(16(3)31(4)29-21)30-35(33,34)24-19(25)12-18(13-20(24)26)17-5-6-28-22(14-17)32-9-7-27-8-10-32;1-13-20(14(2)28(3)26-13)27-32(30,31)21-17(22)10-16(11-18(21)23)15-4-5-25-19(12-15)29-8-6-24-7-9-29/h5-6,12-15,27,30H,7-11H2,1-4H3;4-5,10-12,24,27H,6-9H2,1-3H3. The number of anilines is 4. The predicted octanol–water partition coefficient (Wildman–Crippen LogP) is 8.12. The number of nitrogens with zero attached hydrogens (tertiary/aromatic N) is 8. The number of halogens is 4. The van der Waals surface area contributed by atoms with Crippen molar-refractivity contribution in [3.8, 4) is 22.3 Å². The lowest BCUT2D eigenvalue weighted by Gasteiger charge is -2.28. The molecule has 22 heteroatoms. The molecule has 358 valence electrons. The van der Waals surface area contributed by atoms with Crippen molar-refractivity contribution in [1.82, 2.24) is 40.2 Å². The average Bonchev–Trinajstić information content (AvgIpc) is 3.68. The van der Waals surface area contributed by atoms with Gasteiger partial charge in [-0.05, 0) is 104 Å². The molecular weight excluding hydrogens is 979 g/mol. The van der Waals surface area contributed by atoms with Crippen LogP contribution in [0.3, 0.4) is 0 Å². The first-order chi connectivity index (χ1) is 31.7. The summed E-state index contributed by atoms with van der Waals surface area (Å²) >= 11 is 26.0. The number of nitrogens with one attached hydrogen (secondary N) is 4. The highest BCUT2D eigenvalue weighted by Crippen LogP contribution is 2.39. The van der Waals surface area contributed by atoms with Gasteiger partial charge in [0.05, 0.1) is 54.2 Å². The van der Waals surface area contributed by atoms with Crippen LogP contribution >= 0.6 is 46.4 Å². The normalized spacial score (nSPS) is 14.6. The van der Waals surface area contributed by atoms with Crippen molar-refractivity contribution in [1.29, 1.82) is 0 Å². The van der Waals surface area contributed by atoms with Gasteiger partial charge in [-0.15, -0.1) is 0 Å². The van der Waals surface area contributed by atoms with Gasteiger partial charge in [0.1, 0.15) is 21.4 Å². The maximum Gasteiger partial charge on any atom is 0.264 e. The number of aromatic nitrogens is 6. The molecule has 67 heavy (non-hydrogen) atoms. The molecule has 4 aromatic heterocycles. The van der Waals surface area contributed by atoms with Gasteiger partial charge < -0.3 is 20.4 Å². The van der Waals surface area contributed by atoms with Crippen molar-refractivity contribution in [2.45, 2.75) is 50.8 Å². The van der Waals surface area contributed by atoms with Crippen molar-refractivity contribution in [2.75, 3.05) is 71.6 Å². The highest BCUT2D eigenvalue weighted by Gasteiger charge is 2.28. The third-order valence-electron chi connectivity index (χ3n) is 11.6. The van der Waals surface area contributed by atoms with Crippen LogP contribution in [-0.4, -0.2) is 98.7 Å². The van der Waals surface area contributed by atoms with E-state index in [1.54, 1.807) is 74.0 Å². The highest BCUT2D eigenvalue weighted by molar-refractivity contribution is 7.93. The number of sulfonamides is 2. The zero-order valence-corrected chi connectivity index (χ0v) is 42.9. The third-order valence-corrected chi connectivity index (χ3v) is 16.1. The van der Waals surface area contributed by atoms with E-state index in [0.717, 1.165) is 80.7 Å². The molecular formula is C45H54Cl4N12O4S2. The van der Waals surface area contributed by atoms with Crippen LogP contribution < -0.4 is 29.9 Å². The van der Waals surface area contributed by atoms with Crippen LogP contribution in [0.5, 0.6) is 0 Å². The smallest absolute Gasteiger partial charge is 0.264 e. The van der Waals surface area contributed by atoms with E-state index in [4.69, 9.17) is 46.4 Å². The minimum Gasteiger partial charge on any atom is -0.354 e. The second-order valence-corrected chi connectivity index (χ2v) is 21.7. The Hall–Kier alpha value is -4.66. The predicted molar refractivity (Wildman–Crippen MR) is 270 cm³/mol. The summed E-state index contributed by atoms with van der Waals surface area (Å²) < 4.78 is 61.6. The summed E-state index contributed by atoms with van der Waals surface area (Å²) in [5.41, 5.74) is 6.68. The molecule has 0 saturated carbocycles. The molecule has 2 saturated heterocycles.